The van der Waals surface area contributed by atoms with Gasteiger partial charge < -0.3 is 5.73 Å². The fourth-order valence-corrected chi connectivity index (χ4v) is 4.51. The topological polar surface area (TPSA) is 72.2 Å². The number of unbranched alkanes of at least 4 members (excludes halogenated alkanes) is 1. The lowest BCUT2D eigenvalue weighted by atomic mass is 10.1. The average molecular weight is 312 g/mol. The Morgan fingerprint density at radius 2 is 1.67 bits per heavy atom. The van der Waals surface area contributed by atoms with Gasteiger partial charge in [0.1, 0.15) is 0 Å². The summed E-state index contributed by atoms with van der Waals surface area (Å²) in [6.45, 7) is 7.77. The first-order chi connectivity index (χ1) is 9.81. The Morgan fingerprint density at radius 1 is 1.10 bits per heavy atom. The second-order valence-electron chi connectivity index (χ2n) is 5.73. The first-order valence-electron chi connectivity index (χ1n) is 7.70. The van der Waals surface area contributed by atoms with Crippen LogP contribution < -0.4 is 10.5 Å². The molecular formula is C16H28N2O2S. The van der Waals surface area contributed by atoms with E-state index in [-0.39, 0.29) is 6.04 Å². The van der Waals surface area contributed by atoms with Crippen LogP contribution in [0.4, 0.5) is 5.69 Å². The summed E-state index contributed by atoms with van der Waals surface area (Å²) < 4.78 is 28.2. The van der Waals surface area contributed by atoms with Gasteiger partial charge in [-0.25, -0.2) is 13.1 Å². The number of nitrogens with two attached hydrogens (primary N) is 1. The summed E-state index contributed by atoms with van der Waals surface area (Å²) in [5, 5.41) is 0. The van der Waals surface area contributed by atoms with Crippen LogP contribution in [0.15, 0.2) is 17.0 Å². The number of hydrogen-bond donors (Lipinski definition) is 2. The molecule has 0 saturated heterocycles. The van der Waals surface area contributed by atoms with Gasteiger partial charge in [-0.15, -0.1) is 0 Å². The Kier molecular flexibility index (Phi) is 6.68. The highest BCUT2D eigenvalue weighted by molar-refractivity contribution is 7.89. The summed E-state index contributed by atoms with van der Waals surface area (Å²) in [6, 6.07) is 3.43. The van der Waals surface area contributed by atoms with Crippen molar-refractivity contribution in [2.24, 2.45) is 0 Å². The van der Waals surface area contributed by atoms with Crippen LogP contribution in [0.1, 0.15) is 57.1 Å². The van der Waals surface area contributed by atoms with Crippen LogP contribution >= 0.6 is 0 Å². The molecule has 0 saturated carbocycles. The minimum atomic E-state index is -3.50. The number of anilines is 1. The van der Waals surface area contributed by atoms with E-state index in [0.29, 0.717) is 21.7 Å². The molecule has 21 heavy (non-hydrogen) atoms. The standard InChI is InChI=1S/C16H28N2O2S/c1-5-7-9-15(8-6-2)18-21(19,20)16-12(3)10-14(17)11-13(16)4/h10-11,15,18H,5-9,17H2,1-4H3. The van der Waals surface area contributed by atoms with E-state index in [1.165, 1.54) is 0 Å². The molecule has 1 rings (SSSR count). The number of rotatable bonds is 8. The van der Waals surface area contributed by atoms with E-state index in [9.17, 15) is 8.42 Å². The first kappa shape index (κ1) is 18.0. The van der Waals surface area contributed by atoms with E-state index in [2.05, 4.69) is 18.6 Å². The minimum Gasteiger partial charge on any atom is -0.399 e. The highest BCUT2D eigenvalue weighted by Gasteiger charge is 2.23. The Morgan fingerprint density at radius 3 is 2.14 bits per heavy atom. The summed E-state index contributed by atoms with van der Waals surface area (Å²) in [4.78, 5) is 0.370. The van der Waals surface area contributed by atoms with E-state index in [0.717, 1.165) is 32.1 Å². The molecule has 0 spiro atoms. The molecule has 0 aromatic heterocycles. The van der Waals surface area contributed by atoms with Gasteiger partial charge in [-0.1, -0.05) is 33.1 Å². The van der Waals surface area contributed by atoms with E-state index >= 15 is 0 Å². The third kappa shape index (κ3) is 5.00. The molecule has 0 bridgehead atoms. The summed E-state index contributed by atoms with van der Waals surface area (Å²) >= 11 is 0. The first-order valence-corrected chi connectivity index (χ1v) is 9.19. The SMILES string of the molecule is CCCCC(CCC)NS(=O)(=O)c1c(C)cc(N)cc1C. The molecule has 0 amide bonds. The molecule has 0 radical (unpaired) electrons. The molecular weight excluding hydrogens is 284 g/mol. The van der Waals surface area contributed by atoms with Gasteiger partial charge in [0.05, 0.1) is 4.90 Å². The van der Waals surface area contributed by atoms with Crippen LogP contribution in [0.2, 0.25) is 0 Å². The van der Waals surface area contributed by atoms with Crippen molar-refractivity contribution < 1.29 is 8.42 Å². The van der Waals surface area contributed by atoms with Crippen LogP contribution in [0.25, 0.3) is 0 Å². The maximum absolute atomic E-state index is 12.7. The van der Waals surface area contributed by atoms with Gasteiger partial charge in [0.2, 0.25) is 10.0 Å². The Labute approximate surface area is 129 Å². The molecule has 1 unspecified atom stereocenters. The van der Waals surface area contributed by atoms with Crippen molar-refractivity contribution in [2.75, 3.05) is 5.73 Å². The maximum Gasteiger partial charge on any atom is 0.241 e. The lowest BCUT2D eigenvalue weighted by Gasteiger charge is -2.20. The molecule has 1 atom stereocenters. The van der Waals surface area contributed by atoms with Gasteiger partial charge in [-0.3, -0.25) is 0 Å². The fourth-order valence-electron chi connectivity index (χ4n) is 2.75. The zero-order valence-corrected chi connectivity index (χ0v) is 14.4. The minimum absolute atomic E-state index is 0.0105. The smallest absolute Gasteiger partial charge is 0.241 e. The van der Waals surface area contributed by atoms with Gasteiger partial charge in [0, 0.05) is 11.7 Å². The Balaban J connectivity index is 3.04. The molecule has 0 aliphatic heterocycles. The maximum atomic E-state index is 12.7. The zero-order valence-electron chi connectivity index (χ0n) is 13.6. The monoisotopic (exact) mass is 312 g/mol. The number of nitrogens with one attached hydrogen (secondary N) is 1. The molecule has 120 valence electrons. The second-order valence-corrected chi connectivity index (χ2v) is 7.38. The summed E-state index contributed by atoms with van der Waals surface area (Å²) in [5.41, 5.74) is 7.77. The van der Waals surface area contributed by atoms with E-state index < -0.39 is 10.0 Å². The van der Waals surface area contributed by atoms with Crippen molar-refractivity contribution in [3.05, 3.63) is 23.3 Å². The highest BCUT2D eigenvalue weighted by Crippen LogP contribution is 2.24. The molecule has 0 heterocycles. The van der Waals surface area contributed by atoms with Gasteiger partial charge in [0.25, 0.3) is 0 Å². The summed E-state index contributed by atoms with van der Waals surface area (Å²) in [5.74, 6) is 0. The predicted octanol–water partition coefficient (Wildman–Crippen LogP) is 3.52. The van der Waals surface area contributed by atoms with Gasteiger partial charge in [-0.05, 0) is 49.9 Å². The van der Waals surface area contributed by atoms with E-state index in [4.69, 9.17) is 5.73 Å². The molecule has 0 aliphatic rings. The van der Waals surface area contributed by atoms with Crippen LogP contribution in [-0.4, -0.2) is 14.5 Å². The number of aryl methyl sites for hydroxylation is 2. The largest absolute Gasteiger partial charge is 0.399 e. The van der Waals surface area contributed by atoms with Gasteiger partial charge in [0.15, 0.2) is 0 Å². The fraction of sp³-hybridized carbons (Fsp3) is 0.625. The van der Waals surface area contributed by atoms with Crippen molar-refractivity contribution in [3.8, 4) is 0 Å². The van der Waals surface area contributed by atoms with Crippen molar-refractivity contribution in [2.45, 2.75) is 70.7 Å². The zero-order chi connectivity index (χ0) is 16.0. The molecule has 4 nitrogen and oxygen atoms in total. The van der Waals surface area contributed by atoms with Crippen molar-refractivity contribution in [1.82, 2.24) is 4.72 Å². The van der Waals surface area contributed by atoms with Gasteiger partial charge in [-0.2, -0.15) is 0 Å². The number of hydrogen-bond acceptors (Lipinski definition) is 3. The van der Waals surface area contributed by atoms with E-state index in [1.54, 1.807) is 26.0 Å². The third-order valence-corrected chi connectivity index (χ3v) is 5.44. The third-order valence-electron chi connectivity index (χ3n) is 3.62. The molecule has 3 N–H and O–H groups in total. The quantitative estimate of drug-likeness (QED) is 0.721. The normalized spacial score (nSPS) is 13.3. The lowest BCUT2D eigenvalue weighted by molar-refractivity contribution is 0.483. The van der Waals surface area contributed by atoms with Crippen LogP contribution in [-0.2, 0) is 10.0 Å². The predicted molar refractivity (Wildman–Crippen MR) is 88.9 cm³/mol. The van der Waals surface area contributed by atoms with Crippen molar-refractivity contribution >= 4 is 15.7 Å². The Hall–Kier alpha value is -1.07. The summed E-state index contributed by atoms with van der Waals surface area (Å²) in [6.07, 6.45) is 4.83. The molecule has 0 fully saturated rings. The van der Waals surface area contributed by atoms with Crippen LogP contribution in [0.3, 0.4) is 0 Å². The van der Waals surface area contributed by atoms with Crippen molar-refractivity contribution in [1.29, 1.82) is 0 Å². The van der Waals surface area contributed by atoms with E-state index in [1.807, 2.05) is 0 Å². The summed E-state index contributed by atoms with van der Waals surface area (Å²) in [7, 11) is -3.50. The number of sulfonamides is 1. The number of benzene rings is 1. The van der Waals surface area contributed by atoms with Crippen LogP contribution in [0.5, 0.6) is 0 Å². The molecule has 5 heteroatoms. The molecule has 0 aliphatic carbocycles. The number of nitrogen functional groups attached to an aromatic ring is 1. The second kappa shape index (κ2) is 7.80. The average Bonchev–Trinajstić information content (AvgIpc) is 2.34. The van der Waals surface area contributed by atoms with Crippen molar-refractivity contribution in [3.63, 3.8) is 0 Å². The molecule has 1 aromatic rings. The van der Waals surface area contributed by atoms with Gasteiger partial charge >= 0.3 is 0 Å². The highest BCUT2D eigenvalue weighted by atomic mass is 32.2. The molecule has 1 aromatic carbocycles. The Bertz CT molecular complexity index is 545. The lowest BCUT2D eigenvalue weighted by Crippen LogP contribution is -2.35. The van der Waals surface area contributed by atoms with Crippen LogP contribution in [0, 0.1) is 13.8 Å².